The van der Waals surface area contributed by atoms with Gasteiger partial charge in [0.2, 0.25) is 0 Å². The van der Waals surface area contributed by atoms with Gasteiger partial charge < -0.3 is 0 Å². The Kier molecular flexibility index (Phi) is 14.6. The minimum Gasteiger partial charge on any atom is -0.208 e. The van der Waals surface area contributed by atoms with Gasteiger partial charge in [0.1, 0.15) is 0 Å². The molecule has 2 spiro atoms. The van der Waals surface area contributed by atoms with E-state index >= 15 is 0 Å². The molecule has 0 N–H and O–H groups in total. The minimum atomic E-state index is -0.693. The standard InChI is InChI=1S/C106H72N6/c1-103(2)85-52-22-25-55-89(85)106(94-64-70(60-61-86(94)103)73-62-71-40-16-17-42-74(71)82(63-73)102-111-99(68-36-12-6-13-37-68)108-100(112-102)69-38-14-7-15-39-69)83-50-20-18-43-80(83)95-72(41-28-58-92(95)106)65-104(3)87-53-23-26-56-90(87)105(91-57-27-24-54-88(91)104)84-51-21-19-44-81(84)96-78(48-31-59-93(96)105)76-46-29-47-77-75(76)45-30-49-79(77)101-109-97(66-32-8-4-9-33-66)107-98(110-101)67-34-10-5-11-35-67/h4-64H,65H2,1-3H3. The molecule has 112 heavy (non-hydrogen) atoms. The van der Waals surface area contributed by atoms with Gasteiger partial charge in [-0.15, -0.1) is 0 Å². The van der Waals surface area contributed by atoms with Crippen LogP contribution in [0.15, 0.2) is 370 Å². The van der Waals surface area contributed by atoms with Crippen molar-refractivity contribution in [3.05, 3.63) is 442 Å². The van der Waals surface area contributed by atoms with Gasteiger partial charge in [-0.1, -0.05) is 373 Å². The highest BCUT2D eigenvalue weighted by atomic mass is 15.0. The van der Waals surface area contributed by atoms with Crippen molar-refractivity contribution in [1.82, 2.24) is 29.9 Å². The Hall–Kier alpha value is -13.9. The van der Waals surface area contributed by atoms with Gasteiger partial charge in [0.05, 0.1) is 10.8 Å². The zero-order valence-electron chi connectivity index (χ0n) is 62.1. The molecule has 16 aromatic carbocycles. The molecule has 6 nitrogen and oxygen atoms in total. The SMILES string of the molecule is CC1(C)c2ccccc2C2(c3ccccc3-c3c(CC4(C)c5ccccc5C5(c6ccccc6-c6c(-c7cccc8c(-c9nc(-c%10ccccc%10)nc(-c%10ccccc%10)n9)cccc78)cccc65)c5ccccc54)cccc32)c2cc(-c3cc(-c4nc(-c5ccccc5)nc(-c5ccccc5)n4)c4ccccc4c3)ccc21. The van der Waals surface area contributed by atoms with E-state index in [4.69, 9.17) is 29.9 Å². The topological polar surface area (TPSA) is 77.3 Å². The van der Waals surface area contributed by atoms with E-state index in [0.29, 0.717) is 34.9 Å². The molecule has 4 aliphatic rings. The van der Waals surface area contributed by atoms with Gasteiger partial charge in [0.15, 0.2) is 34.9 Å². The summed E-state index contributed by atoms with van der Waals surface area (Å²) in [5.74, 6) is 3.79. The summed E-state index contributed by atoms with van der Waals surface area (Å²) in [7, 11) is 0. The summed E-state index contributed by atoms with van der Waals surface area (Å²) >= 11 is 0. The second-order valence-electron chi connectivity index (χ2n) is 31.2. The molecule has 1 atom stereocenters. The third-order valence-electron chi connectivity index (χ3n) is 25.0. The molecule has 2 heterocycles. The fourth-order valence-electron chi connectivity index (χ4n) is 20.2. The van der Waals surface area contributed by atoms with Crippen LogP contribution in [0.2, 0.25) is 0 Å². The number of benzene rings is 16. The number of aromatic nitrogens is 6. The van der Waals surface area contributed by atoms with E-state index in [2.05, 4.69) is 318 Å². The van der Waals surface area contributed by atoms with Crippen LogP contribution < -0.4 is 0 Å². The first kappa shape index (κ1) is 65.2. The fourth-order valence-corrected chi connectivity index (χ4v) is 20.2. The van der Waals surface area contributed by atoms with E-state index in [9.17, 15) is 0 Å². The van der Waals surface area contributed by atoms with E-state index in [0.717, 1.165) is 78.0 Å². The normalized spacial score (nSPS) is 16.1. The Balaban J connectivity index is 0.701. The molecule has 0 saturated carbocycles. The monoisotopic (exact) mass is 1430 g/mol. The van der Waals surface area contributed by atoms with Crippen LogP contribution in [0.5, 0.6) is 0 Å². The molecule has 0 amide bonds. The van der Waals surface area contributed by atoms with E-state index in [1.807, 2.05) is 72.8 Å². The predicted molar refractivity (Wildman–Crippen MR) is 455 cm³/mol. The summed E-state index contributed by atoms with van der Waals surface area (Å²) in [6, 6.07) is 136. The van der Waals surface area contributed by atoms with Crippen LogP contribution in [0, 0.1) is 0 Å². The van der Waals surface area contributed by atoms with Gasteiger partial charge in [0, 0.05) is 44.2 Å². The second-order valence-corrected chi connectivity index (χ2v) is 31.2. The maximum absolute atomic E-state index is 5.34. The van der Waals surface area contributed by atoms with Gasteiger partial charge in [0.25, 0.3) is 0 Å². The molecule has 1 unspecified atom stereocenters. The highest BCUT2D eigenvalue weighted by Crippen LogP contribution is 2.67. The first-order valence-corrected chi connectivity index (χ1v) is 38.9. The maximum Gasteiger partial charge on any atom is 0.164 e. The zero-order valence-corrected chi connectivity index (χ0v) is 62.1. The van der Waals surface area contributed by atoms with Crippen molar-refractivity contribution in [1.29, 1.82) is 0 Å². The quantitative estimate of drug-likeness (QED) is 0.136. The smallest absolute Gasteiger partial charge is 0.164 e. The summed E-state index contributed by atoms with van der Waals surface area (Å²) in [6.45, 7) is 7.39. The lowest BCUT2D eigenvalue weighted by Gasteiger charge is -2.48. The molecule has 0 bridgehead atoms. The molecule has 0 fully saturated rings. The number of fused-ring (bicyclic) bond motifs is 20. The average molecular weight is 1430 g/mol. The Morgan fingerprint density at radius 3 is 1.13 bits per heavy atom. The largest absolute Gasteiger partial charge is 0.208 e. The van der Waals surface area contributed by atoms with Crippen molar-refractivity contribution in [2.45, 2.75) is 48.9 Å². The molecule has 22 rings (SSSR count). The molecule has 18 aromatic rings. The molecular formula is C106H72N6. The van der Waals surface area contributed by atoms with Crippen LogP contribution in [-0.2, 0) is 28.1 Å². The molecule has 526 valence electrons. The van der Waals surface area contributed by atoms with Gasteiger partial charge in [-0.05, 0) is 163 Å². The summed E-state index contributed by atoms with van der Waals surface area (Å²) in [5, 5.41) is 4.38. The van der Waals surface area contributed by atoms with Crippen LogP contribution in [0.3, 0.4) is 0 Å². The van der Waals surface area contributed by atoms with Crippen molar-refractivity contribution in [3.63, 3.8) is 0 Å². The molecular weight excluding hydrogens is 1360 g/mol. The number of hydrogen-bond donors (Lipinski definition) is 0. The van der Waals surface area contributed by atoms with E-state index in [-0.39, 0.29) is 5.41 Å². The third kappa shape index (κ3) is 9.51. The van der Waals surface area contributed by atoms with Crippen LogP contribution in [0.25, 0.3) is 134 Å². The zero-order chi connectivity index (χ0) is 74.4. The minimum absolute atomic E-state index is 0.348. The third-order valence-corrected chi connectivity index (χ3v) is 25.0. The molecule has 2 aromatic heterocycles. The van der Waals surface area contributed by atoms with Crippen LogP contribution in [0.4, 0.5) is 0 Å². The van der Waals surface area contributed by atoms with Gasteiger partial charge >= 0.3 is 0 Å². The lowest BCUT2D eigenvalue weighted by Crippen LogP contribution is -2.43. The molecule has 0 radical (unpaired) electrons. The Morgan fingerprint density at radius 1 is 0.205 bits per heavy atom. The Labute approximate surface area is 651 Å². The van der Waals surface area contributed by atoms with E-state index in [1.54, 1.807) is 0 Å². The maximum atomic E-state index is 5.34. The highest BCUT2D eigenvalue weighted by Gasteiger charge is 2.57. The van der Waals surface area contributed by atoms with Crippen LogP contribution in [-0.4, -0.2) is 29.9 Å². The van der Waals surface area contributed by atoms with Crippen molar-refractivity contribution in [3.8, 4) is 113 Å². The van der Waals surface area contributed by atoms with Crippen molar-refractivity contribution < 1.29 is 0 Å². The first-order valence-electron chi connectivity index (χ1n) is 38.9. The summed E-state index contributed by atoms with van der Waals surface area (Å²) in [6.07, 6.45) is 0.743. The first-order chi connectivity index (χ1) is 55.2. The lowest BCUT2D eigenvalue weighted by molar-refractivity contribution is 0.514. The molecule has 4 aliphatic carbocycles. The number of rotatable bonds is 10. The second kappa shape index (κ2) is 25.1. The van der Waals surface area contributed by atoms with E-state index in [1.165, 1.54) is 100 Å². The van der Waals surface area contributed by atoms with Crippen LogP contribution in [0.1, 0.15) is 93.1 Å². The molecule has 0 saturated heterocycles. The highest BCUT2D eigenvalue weighted by molar-refractivity contribution is 6.08. The van der Waals surface area contributed by atoms with Gasteiger partial charge in [-0.2, -0.15) is 0 Å². The summed E-state index contributed by atoms with van der Waals surface area (Å²) in [4.78, 5) is 31.4. The molecule has 6 heteroatoms. The lowest BCUT2D eigenvalue weighted by atomic mass is 9.53. The van der Waals surface area contributed by atoms with Crippen LogP contribution >= 0.6 is 0 Å². The Morgan fingerprint density at radius 2 is 0.571 bits per heavy atom. The predicted octanol–water partition coefficient (Wildman–Crippen LogP) is 24.9. The number of hydrogen-bond acceptors (Lipinski definition) is 6. The van der Waals surface area contributed by atoms with Crippen molar-refractivity contribution >= 4 is 21.5 Å². The van der Waals surface area contributed by atoms with Crippen molar-refractivity contribution in [2.24, 2.45) is 0 Å². The Bertz CT molecular complexity index is 6740. The average Bonchev–Trinajstić information content (AvgIpc) is 1.49. The summed E-state index contributed by atoms with van der Waals surface area (Å²) < 4.78 is 0. The van der Waals surface area contributed by atoms with Gasteiger partial charge in [-0.3, -0.25) is 0 Å². The van der Waals surface area contributed by atoms with E-state index < -0.39 is 16.2 Å². The van der Waals surface area contributed by atoms with Gasteiger partial charge in [-0.25, -0.2) is 29.9 Å². The fraction of sp³-hybridized carbons (Fsp3) is 0.0755. The number of nitrogens with zero attached hydrogens (tertiary/aromatic N) is 6. The van der Waals surface area contributed by atoms with Crippen molar-refractivity contribution in [2.75, 3.05) is 0 Å². The summed E-state index contributed by atoms with van der Waals surface area (Å²) in [5.41, 5.74) is 30.1. The molecule has 0 aliphatic heterocycles.